The van der Waals surface area contributed by atoms with Crippen LogP contribution >= 0.6 is 0 Å². The molecule has 1 heterocycles. The lowest BCUT2D eigenvalue weighted by molar-refractivity contribution is -0.140. The summed E-state index contributed by atoms with van der Waals surface area (Å²) in [6.07, 6.45) is 10.2. The predicted octanol–water partition coefficient (Wildman–Crippen LogP) is 1.98. The molecule has 1 N–H and O–H groups in total. The Hall–Kier alpha value is -0.660. The third-order valence-corrected chi connectivity index (χ3v) is 8.93. The molecule has 7 heteroatoms. The lowest BCUT2D eigenvalue weighted by Gasteiger charge is -2.57. The van der Waals surface area contributed by atoms with Crippen molar-refractivity contribution in [1.29, 1.82) is 0 Å². The molecule has 0 radical (unpaired) electrons. The fourth-order valence-corrected chi connectivity index (χ4v) is 7.37. The molecule has 1 aliphatic heterocycles. The van der Waals surface area contributed by atoms with Crippen LogP contribution in [0.3, 0.4) is 0 Å². The van der Waals surface area contributed by atoms with Crippen molar-refractivity contribution in [3.63, 3.8) is 0 Å². The molecule has 4 aliphatic carbocycles. The number of hydrogen-bond acceptors (Lipinski definition) is 3. The maximum absolute atomic E-state index is 13.0. The fourth-order valence-electron chi connectivity index (χ4n) is 6.50. The number of hydrogen-bond donors (Lipinski definition) is 1. The molecule has 1 amide bonds. The van der Waals surface area contributed by atoms with Crippen LogP contribution in [0.15, 0.2) is 0 Å². The van der Waals surface area contributed by atoms with Crippen LogP contribution in [0.4, 0.5) is 0 Å². The van der Waals surface area contributed by atoms with E-state index in [0.29, 0.717) is 31.8 Å². The summed E-state index contributed by atoms with van der Waals surface area (Å²) < 4.78 is 27.9. The summed E-state index contributed by atoms with van der Waals surface area (Å²) >= 11 is 0. The third kappa shape index (κ3) is 3.67. The molecule has 6 nitrogen and oxygen atoms in total. The SMILES string of the molecule is CN(C)S(=O)(=O)NC1CCN(C(=O)CC23CC4CC(CC(C4)C2)C3)CC1. The van der Waals surface area contributed by atoms with Gasteiger partial charge in [0.2, 0.25) is 5.91 Å². The molecule has 0 aromatic rings. The maximum Gasteiger partial charge on any atom is 0.279 e. The number of carbonyl (C=O) groups is 1. The molecule has 148 valence electrons. The first-order valence-corrected chi connectivity index (χ1v) is 11.7. The van der Waals surface area contributed by atoms with Crippen molar-refractivity contribution in [3.05, 3.63) is 0 Å². The van der Waals surface area contributed by atoms with E-state index in [-0.39, 0.29) is 11.5 Å². The Morgan fingerprint density at radius 2 is 1.54 bits per heavy atom. The summed E-state index contributed by atoms with van der Waals surface area (Å²) in [6.45, 7) is 1.34. The van der Waals surface area contributed by atoms with Gasteiger partial charge in [0.25, 0.3) is 10.2 Å². The van der Waals surface area contributed by atoms with Crippen molar-refractivity contribution in [2.45, 2.75) is 63.8 Å². The minimum absolute atomic E-state index is 0.0639. The first-order chi connectivity index (χ1) is 12.2. The van der Waals surface area contributed by atoms with E-state index in [9.17, 15) is 13.2 Å². The Morgan fingerprint density at radius 1 is 1.04 bits per heavy atom. The standard InChI is InChI=1S/C19H33N3O3S/c1-21(2)26(24,25)20-17-3-5-22(6-4-17)18(23)13-19-10-14-7-15(11-19)9-16(8-14)12-19/h14-17,20H,3-13H2,1-2H3. The van der Waals surface area contributed by atoms with Gasteiger partial charge in [0, 0.05) is 39.6 Å². The summed E-state index contributed by atoms with van der Waals surface area (Å²) in [6, 6.07) is -0.0639. The first-order valence-electron chi connectivity index (χ1n) is 10.2. The minimum atomic E-state index is -3.39. The smallest absolute Gasteiger partial charge is 0.279 e. The molecule has 0 atom stereocenters. The van der Waals surface area contributed by atoms with Gasteiger partial charge in [0.15, 0.2) is 0 Å². The van der Waals surface area contributed by atoms with Crippen LogP contribution in [0.5, 0.6) is 0 Å². The maximum atomic E-state index is 13.0. The lowest BCUT2D eigenvalue weighted by atomic mass is 9.49. The van der Waals surface area contributed by atoms with Gasteiger partial charge >= 0.3 is 0 Å². The van der Waals surface area contributed by atoms with Crippen LogP contribution in [0.1, 0.15) is 57.8 Å². The number of nitrogens with one attached hydrogen (secondary N) is 1. The second-order valence-corrected chi connectivity index (χ2v) is 11.6. The molecule has 4 bridgehead atoms. The highest BCUT2D eigenvalue weighted by molar-refractivity contribution is 7.87. The fraction of sp³-hybridized carbons (Fsp3) is 0.947. The summed E-state index contributed by atoms with van der Waals surface area (Å²) in [4.78, 5) is 14.9. The number of carbonyl (C=O) groups excluding carboxylic acids is 1. The molecule has 0 spiro atoms. The second kappa shape index (κ2) is 6.74. The summed E-state index contributed by atoms with van der Waals surface area (Å²) in [5.41, 5.74) is 0.287. The molecular weight excluding hydrogens is 350 g/mol. The highest BCUT2D eigenvalue weighted by Crippen LogP contribution is 2.61. The monoisotopic (exact) mass is 383 g/mol. The molecule has 0 aromatic carbocycles. The highest BCUT2D eigenvalue weighted by Gasteiger charge is 2.51. The quantitative estimate of drug-likeness (QED) is 0.789. The largest absolute Gasteiger partial charge is 0.343 e. The van der Waals surface area contributed by atoms with Crippen molar-refractivity contribution in [3.8, 4) is 0 Å². The van der Waals surface area contributed by atoms with E-state index in [0.717, 1.165) is 24.2 Å². The topological polar surface area (TPSA) is 69.7 Å². The number of piperidine rings is 1. The molecule has 5 aliphatic rings. The first kappa shape index (κ1) is 18.7. The van der Waals surface area contributed by atoms with Gasteiger partial charge in [-0.05, 0) is 74.5 Å². The van der Waals surface area contributed by atoms with Gasteiger partial charge in [-0.3, -0.25) is 4.79 Å². The molecular formula is C19H33N3O3S. The van der Waals surface area contributed by atoms with Crippen molar-refractivity contribution < 1.29 is 13.2 Å². The number of likely N-dealkylation sites (tertiary alicyclic amines) is 1. The van der Waals surface area contributed by atoms with Gasteiger partial charge in [0.1, 0.15) is 0 Å². The van der Waals surface area contributed by atoms with Crippen LogP contribution < -0.4 is 4.72 Å². The number of rotatable bonds is 5. The normalized spacial score (nSPS) is 37.5. The van der Waals surface area contributed by atoms with Crippen LogP contribution in [-0.4, -0.2) is 56.8 Å². The number of nitrogens with zero attached hydrogens (tertiary/aromatic N) is 2. The van der Waals surface area contributed by atoms with Crippen molar-refractivity contribution in [1.82, 2.24) is 13.9 Å². The van der Waals surface area contributed by atoms with Crippen LogP contribution in [0.25, 0.3) is 0 Å². The summed E-state index contributed by atoms with van der Waals surface area (Å²) in [5, 5.41) is 0. The van der Waals surface area contributed by atoms with E-state index in [1.54, 1.807) is 0 Å². The zero-order chi connectivity index (χ0) is 18.5. The van der Waals surface area contributed by atoms with E-state index < -0.39 is 10.2 Å². The van der Waals surface area contributed by atoms with E-state index >= 15 is 0 Å². The molecule has 26 heavy (non-hydrogen) atoms. The molecule has 0 aromatic heterocycles. The molecule has 1 saturated heterocycles. The number of amides is 1. The highest BCUT2D eigenvalue weighted by atomic mass is 32.2. The van der Waals surface area contributed by atoms with Gasteiger partial charge in [-0.25, -0.2) is 0 Å². The second-order valence-electron chi connectivity index (χ2n) is 9.65. The van der Waals surface area contributed by atoms with Gasteiger partial charge in [-0.2, -0.15) is 17.4 Å². The zero-order valence-corrected chi connectivity index (χ0v) is 16.9. The molecule has 4 saturated carbocycles. The van der Waals surface area contributed by atoms with Gasteiger partial charge in [-0.1, -0.05) is 0 Å². The van der Waals surface area contributed by atoms with Crippen LogP contribution in [0, 0.1) is 23.2 Å². The molecule has 5 fully saturated rings. The summed E-state index contributed by atoms with van der Waals surface area (Å²) in [5.74, 6) is 2.93. The lowest BCUT2D eigenvalue weighted by Crippen LogP contribution is -2.51. The van der Waals surface area contributed by atoms with Gasteiger partial charge < -0.3 is 4.90 Å². The Kier molecular flexibility index (Phi) is 4.85. The Labute approximate surface area is 157 Å². The van der Waals surface area contributed by atoms with E-state index in [1.807, 2.05) is 4.90 Å². The summed E-state index contributed by atoms with van der Waals surface area (Å²) in [7, 11) is -0.324. The average molecular weight is 384 g/mol. The van der Waals surface area contributed by atoms with E-state index in [1.165, 1.54) is 56.9 Å². The van der Waals surface area contributed by atoms with Crippen LogP contribution in [0.2, 0.25) is 0 Å². The Bertz CT molecular complexity index is 618. The van der Waals surface area contributed by atoms with E-state index in [4.69, 9.17) is 0 Å². The zero-order valence-electron chi connectivity index (χ0n) is 16.1. The van der Waals surface area contributed by atoms with Crippen molar-refractivity contribution in [2.24, 2.45) is 23.2 Å². The predicted molar refractivity (Wildman–Crippen MR) is 101 cm³/mol. The van der Waals surface area contributed by atoms with Gasteiger partial charge in [0.05, 0.1) is 0 Å². The van der Waals surface area contributed by atoms with Gasteiger partial charge in [-0.15, -0.1) is 0 Å². The molecule has 5 rings (SSSR count). The Morgan fingerprint density at radius 3 is 2.00 bits per heavy atom. The minimum Gasteiger partial charge on any atom is -0.343 e. The molecule has 0 unspecified atom stereocenters. The van der Waals surface area contributed by atoms with E-state index in [2.05, 4.69) is 4.72 Å². The average Bonchev–Trinajstić information content (AvgIpc) is 2.53. The van der Waals surface area contributed by atoms with Crippen molar-refractivity contribution >= 4 is 16.1 Å². The Balaban J connectivity index is 1.31. The van der Waals surface area contributed by atoms with Crippen LogP contribution in [-0.2, 0) is 15.0 Å². The van der Waals surface area contributed by atoms with Crippen molar-refractivity contribution in [2.75, 3.05) is 27.2 Å². The third-order valence-electron chi connectivity index (χ3n) is 7.34.